The van der Waals surface area contributed by atoms with Gasteiger partial charge in [-0.3, -0.25) is 0 Å². The Morgan fingerprint density at radius 1 is 1.15 bits per heavy atom. The third-order valence-corrected chi connectivity index (χ3v) is 2.46. The van der Waals surface area contributed by atoms with Crippen LogP contribution >= 0.6 is 15.9 Å². The molecule has 0 saturated carbocycles. The average Bonchev–Trinajstić information content (AvgIpc) is 2.07. The fraction of sp³-hybridized carbons (Fsp3) is 0.500. The van der Waals surface area contributed by atoms with Gasteiger partial charge in [-0.2, -0.15) is 0 Å². The van der Waals surface area contributed by atoms with Crippen molar-refractivity contribution in [1.29, 1.82) is 0 Å². The molecule has 0 aliphatic heterocycles. The number of hydrogen-bond acceptors (Lipinski definition) is 0. The lowest BCUT2D eigenvalue weighted by atomic mass is 10.0. The second kappa shape index (κ2) is 6.20. The molecule has 0 unspecified atom stereocenters. The highest BCUT2D eigenvalue weighted by molar-refractivity contribution is 9.10. The van der Waals surface area contributed by atoms with Gasteiger partial charge in [0.1, 0.15) is 0 Å². The van der Waals surface area contributed by atoms with Gasteiger partial charge in [0.2, 0.25) is 0 Å². The topological polar surface area (TPSA) is 0 Å². The van der Waals surface area contributed by atoms with Gasteiger partial charge in [-0.1, -0.05) is 55.8 Å². The van der Waals surface area contributed by atoms with Gasteiger partial charge < -0.3 is 0 Å². The Kier molecular flexibility index (Phi) is 6.06. The van der Waals surface area contributed by atoms with Crippen molar-refractivity contribution in [3.63, 3.8) is 0 Å². The summed E-state index contributed by atoms with van der Waals surface area (Å²) in [5.41, 5.74) is 2.69. The second-order valence-corrected chi connectivity index (χ2v) is 4.03. The van der Waals surface area contributed by atoms with E-state index in [9.17, 15) is 0 Å². The molecular formula is C12H19Br. The molecule has 0 spiro atoms. The van der Waals surface area contributed by atoms with E-state index >= 15 is 0 Å². The van der Waals surface area contributed by atoms with E-state index in [-0.39, 0.29) is 0 Å². The van der Waals surface area contributed by atoms with E-state index in [0.29, 0.717) is 5.92 Å². The van der Waals surface area contributed by atoms with Crippen LogP contribution in [-0.4, -0.2) is 0 Å². The first-order valence-electron chi connectivity index (χ1n) is 4.87. The summed E-state index contributed by atoms with van der Waals surface area (Å²) in [6, 6.07) is 6.50. The average molecular weight is 243 g/mol. The van der Waals surface area contributed by atoms with Gasteiger partial charge in [-0.05, 0) is 30.0 Å². The number of halogens is 1. The maximum atomic E-state index is 3.55. The Bertz CT molecular complexity index is 251. The van der Waals surface area contributed by atoms with E-state index in [2.05, 4.69) is 54.9 Å². The van der Waals surface area contributed by atoms with Gasteiger partial charge in [0, 0.05) is 4.47 Å². The van der Waals surface area contributed by atoms with Crippen LogP contribution in [0.15, 0.2) is 22.7 Å². The minimum absolute atomic E-state index is 0.602. The van der Waals surface area contributed by atoms with Crippen LogP contribution in [0.25, 0.3) is 0 Å². The van der Waals surface area contributed by atoms with Gasteiger partial charge in [0.25, 0.3) is 0 Å². The maximum Gasteiger partial charge on any atom is 0.0212 e. The Morgan fingerprint density at radius 2 is 1.69 bits per heavy atom. The predicted octanol–water partition coefficient (Wildman–Crippen LogP) is 4.91. The fourth-order valence-corrected chi connectivity index (χ4v) is 2.05. The first-order chi connectivity index (χ1) is 6.11. The molecule has 0 amide bonds. The maximum absolute atomic E-state index is 3.55. The van der Waals surface area contributed by atoms with Crippen molar-refractivity contribution >= 4 is 15.9 Å². The molecular weight excluding hydrogens is 224 g/mol. The zero-order valence-electron chi connectivity index (χ0n) is 9.19. The summed E-state index contributed by atoms with van der Waals surface area (Å²) < 4.78 is 1.23. The second-order valence-electron chi connectivity index (χ2n) is 3.18. The number of benzene rings is 1. The summed E-state index contributed by atoms with van der Waals surface area (Å²) in [5.74, 6) is 0.602. The zero-order valence-corrected chi connectivity index (χ0v) is 10.8. The standard InChI is InChI=1S/C10H13Br.C2H6/c1-7(2)9-5-4-8(3)6-10(9)11;1-2/h4-7H,1-3H3;1-2H3. The highest BCUT2D eigenvalue weighted by atomic mass is 79.9. The molecule has 0 heterocycles. The SMILES string of the molecule is CC.Cc1ccc(C(C)C)c(Br)c1. The molecule has 0 aliphatic carbocycles. The number of rotatable bonds is 1. The van der Waals surface area contributed by atoms with Gasteiger partial charge in [0.05, 0.1) is 0 Å². The summed E-state index contributed by atoms with van der Waals surface area (Å²) in [6.45, 7) is 10.5. The Morgan fingerprint density at radius 3 is 2.08 bits per heavy atom. The van der Waals surface area contributed by atoms with Crippen LogP contribution < -0.4 is 0 Å². The van der Waals surface area contributed by atoms with Crippen LogP contribution in [0, 0.1) is 6.92 Å². The normalized spacial score (nSPS) is 9.46. The van der Waals surface area contributed by atoms with Crippen LogP contribution in [0.3, 0.4) is 0 Å². The molecule has 0 radical (unpaired) electrons. The van der Waals surface area contributed by atoms with Crippen LogP contribution in [0.5, 0.6) is 0 Å². The molecule has 0 fully saturated rings. The van der Waals surface area contributed by atoms with Crippen molar-refractivity contribution in [3.05, 3.63) is 33.8 Å². The molecule has 1 heteroatoms. The lowest BCUT2D eigenvalue weighted by Gasteiger charge is -2.07. The van der Waals surface area contributed by atoms with Crippen molar-refractivity contribution in [3.8, 4) is 0 Å². The van der Waals surface area contributed by atoms with Gasteiger partial charge in [0.15, 0.2) is 0 Å². The van der Waals surface area contributed by atoms with Crippen molar-refractivity contribution in [2.75, 3.05) is 0 Å². The lowest BCUT2D eigenvalue weighted by Crippen LogP contribution is -1.88. The Hall–Kier alpha value is -0.300. The van der Waals surface area contributed by atoms with E-state index < -0.39 is 0 Å². The van der Waals surface area contributed by atoms with E-state index in [1.165, 1.54) is 15.6 Å². The fourth-order valence-electron chi connectivity index (χ4n) is 1.10. The van der Waals surface area contributed by atoms with E-state index in [1.54, 1.807) is 0 Å². The molecule has 1 aromatic rings. The van der Waals surface area contributed by atoms with Crippen molar-refractivity contribution < 1.29 is 0 Å². The lowest BCUT2D eigenvalue weighted by molar-refractivity contribution is 0.860. The molecule has 0 aliphatic rings. The molecule has 13 heavy (non-hydrogen) atoms. The molecule has 0 bridgehead atoms. The highest BCUT2D eigenvalue weighted by Crippen LogP contribution is 2.25. The van der Waals surface area contributed by atoms with E-state index in [1.807, 2.05) is 13.8 Å². The Balaban J connectivity index is 0.000000671. The molecule has 0 aromatic heterocycles. The summed E-state index contributed by atoms with van der Waals surface area (Å²) in [7, 11) is 0. The van der Waals surface area contributed by atoms with Gasteiger partial charge in [-0.25, -0.2) is 0 Å². The first-order valence-corrected chi connectivity index (χ1v) is 5.66. The molecule has 0 atom stereocenters. The monoisotopic (exact) mass is 242 g/mol. The minimum Gasteiger partial charge on any atom is -0.0683 e. The summed E-state index contributed by atoms with van der Waals surface area (Å²) in [4.78, 5) is 0. The largest absolute Gasteiger partial charge is 0.0683 e. The van der Waals surface area contributed by atoms with E-state index in [0.717, 1.165) is 0 Å². The molecule has 0 N–H and O–H groups in total. The van der Waals surface area contributed by atoms with Gasteiger partial charge in [-0.15, -0.1) is 0 Å². The van der Waals surface area contributed by atoms with Crippen molar-refractivity contribution in [1.82, 2.24) is 0 Å². The van der Waals surface area contributed by atoms with Crippen LogP contribution in [0.4, 0.5) is 0 Å². The number of aryl methyl sites for hydroxylation is 1. The smallest absolute Gasteiger partial charge is 0.0212 e. The molecule has 1 rings (SSSR count). The van der Waals surface area contributed by atoms with Crippen LogP contribution in [0.2, 0.25) is 0 Å². The molecule has 0 nitrogen and oxygen atoms in total. The molecule has 0 saturated heterocycles. The molecule has 1 aromatic carbocycles. The predicted molar refractivity (Wildman–Crippen MR) is 64.3 cm³/mol. The third-order valence-electron chi connectivity index (χ3n) is 1.78. The number of hydrogen-bond donors (Lipinski definition) is 0. The zero-order chi connectivity index (χ0) is 10.4. The summed E-state index contributed by atoms with van der Waals surface area (Å²) in [5, 5.41) is 0. The van der Waals surface area contributed by atoms with E-state index in [4.69, 9.17) is 0 Å². The quantitative estimate of drug-likeness (QED) is 0.657. The summed E-state index contributed by atoms with van der Waals surface area (Å²) >= 11 is 3.55. The van der Waals surface area contributed by atoms with Crippen molar-refractivity contribution in [2.45, 2.75) is 40.5 Å². The van der Waals surface area contributed by atoms with Gasteiger partial charge >= 0.3 is 0 Å². The first kappa shape index (κ1) is 12.7. The highest BCUT2D eigenvalue weighted by Gasteiger charge is 2.02. The van der Waals surface area contributed by atoms with Crippen molar-refractivity contribution in [2.24, 2.45) is 0 Å². The van der Waals surface area contributed by atoms with Crippen LogP contribution in [0.1, 0.15) is 44.7 Å². The molecule has 74 valence electrons. The summed E-state index contributed by atoms with van der Waals surface area (Å²) in [6.07, 6.45) is 0. The third kappa shape index (κ3) is 3.95. The van der Waals surface area contributed by atoms with Crippen LogP contribution in [-0.2, 0) is 0 Å². The Labute approximate surface area is 90.5 Å². The minimum atomic E-state index is 0.602.